The van der Waals surface area contributed by atoms with E-state index in [0.717, 1.165) is 26.1 Å². The highest BCUT2D eigenvalue weighted by molar-refractivity contribution is 5.68. The number of rotatable bonds is 3. The predicted molar refractivity (Wildman–Crippen MR) is 88.9 cm³/mol. The van der Waals surface area contributed by atoms with Crippen LogP contribution in [0.3, 0.4) is 0 Å². The minimum absolute atomic E-state index is 0.244. The van der Waals surface area contributed by atoms with Crippen LogP contribution < -0.4 is 5.32 Å². The Labute approximate surface area is 138 Å². The third-order valence-corrected chi connectivity index (χ3v) is 4.76. The van der Waals surface area contributed by atoms with E-state index in [4.69, 9.17) is 4.74 Å². The molecule has 2 heterocycles. The second-order valence-corrected chi connectivity index (χ2v) is 7.81. The molecule has 1 aliphatic carbocycles. The van der Waals surface area contributed by atoms with Crippen LogP contribution in [0.2, 0.25) is 0 Å². The van der Waals surface area contributed by atoms with E-state index in [9.17, 15) is 4.79 Å². The lowest BCUT2D eigenvalue weighted by atomic mass is 9.98. The average molecular weight is 317 g/mol. The van der Waals surface area contributed by atoms with Crippen LogP contribution in [-0.2, 0) is 11.3 Å². The summed E-state index contributed by atoms with van der Waals surface area (Å²) in [6.07, 6.45) is 5.71. The fraction of sp³-hybridized carbons (Fsp3) is 0.667. The van der Waals surface area contributed by atoms with E-state index in [1.165, 1.54) is 12.0 Å². The molecule has 1 aliphatic heterocycles. The number of nitrogens with zero attached hydrogens (tertiary/aromatic N) is 2. The molecule has 1 N–H and O–H groups in total. The Kier molecular flexibility index (Phi) is 4.57. The smallest absolute Gasteiger partial charge is 0.407 e. The molecule has 2 fully saturated rings. The molecule has 3 atom stereocenters. The minimum atomic E-state index is -0.440. The van der Waals surface area contributed by atoms with E-state index < -0.39 is 5.60 Å². The SMILES string of the molecule is CC(C)(C)OC(=O)N[C@@H]1CC[C@@H]2CN(Cc3cccnc3)C[C@H]21. The Balaban J connectivity index is 1.53. The van der Waals surface area contributed by atoms with Crippen LogP contribution in [0.4, 0.5) is 4.79 Å². The number of nitrogens with one attached hydrogen (secondary N) is 1. The summed E-state index contributed by atoms with van der Waals surface area (Å²) in [7, 11) is 0. The standard InChI is InChI=1S/C18H27N3O2/c1-18(2,3)23-17(22)20-16-7-6-14-11-21(12-15(14)16)10-13-5-4-8-19-9-13/h4-5,8-9,14-16H,6-7,10-12H2,1-3H3,(H,20,22)/t14-,15-,16-/m1/s1. The summed E-state index contributed by atoms with van der Waals surface area (Å²) >= 11 is 0. The first-order chi connectivity index (χ1) is 10.9. The molecular formula is C18H27N3O2. The van der Waals surface area contributed by atoms with Gasteiger partial charge < -0.3 is 10.1 Å². The van der Waals surface area contributed by atoms with Gasteiger partial charge in [0.15, 0.2) is 0 Å². The van der Waals surface area contributed by atoms with Crippen molar-refractivity contribution in [3.05, 3.63) is 30.1 Å². The maximum atomic E-state index is 12.0. The number of alkyl carbamates (subject to hydrolysis) is 1. The van der Waals surface area contributed by atoms with Crippen molar-refractivity contribution < 1.29 is 9.53 Å². The van der Waals surface area contributed by atoms with Crippen LogP contribution >= 0.6 is 0 Å². The molecule has 126 valence electrons. The number of pyridine rings is 1. The highest BCUT2D eigenvalue weighted by Gasteiger charge is 2.43. The number of likely N-dealkylation sites (tertiary alicyclic amines) is 1. The summed E-state index contributed by atoms with van der Waals surface area (Å²) in [6.45, 7) is 8.80. The molecule has 5 heteroatoms. The first-order valence-electron chi connectivity index (χ1n) is 8.51. The van der Waals surface area contributed by atoms with Crippen molar-refractivity contribution in [2.24, 2.45) is 11.8 Å². The van der Waals surface area contributed by atoms with Gasteiger partial charge in [0, 0.05) is 38.1 Å². The lowest BCUT2D eigenvalue weighted by Crippen LogP contribution is -2.42. The molecule has 3 rings (SSSR count). The molecule has 0 spiro atoms. The summed E-state index contributed by atoms with van der Waals surface area (Å²) in [5, 5.41) is 3.09. The molecule has 1 aromatic rings. The molecule has 0 unspecified atom stereocenters. The number of aromatic nitrogens is 1. The first-order valence-corrected chi connectivity index (χ1v) is 8.51. The van der Waals surface area contributed by atoms with Gasteiger partial charge in [-0.25, -0.2) is 4.79 Å². The third-order valence-electron chi connectivity index (χ3n) is 4.76. The highest BCUT2D eigenvalue weighted by atomic mass is 16.6. The van der Waals surface area contributed by atoms with Gasteiger partial charge in [-0.15, -0.1) is 0 Å². The Hall–Kier alpha value is -1.62. The fourth-order valence-corrected chi connectivity index (χ4v) is 3.87. The van der Waals surface area contributed by atoms with E-state index in [0.29, 0.717) is 11.8 Å². The molecule has 5 nitrogen and oxygen atoms in total. The maximum Gasteiger partial charge on any atom is 0.407 e. The van der Waals surface area contributed by atoms with Gasteiger partial charge in [-0.3, -0.25) is 9.88 Å². The molecule has 1 amide bonds. The van der Waals surface area contributed by atoms with Crippen LogP contribution in [0.15, 0.2) is 24.5 Å². The van der Waals surface area contributed by atoms with Crippen LogP contribution in [0, 0.1) is 11.8 Å². The highest BCUT2D eigenvalue weighted by Crippen LogP contribution is 2.38. The molecule has 0 bridgehead atoms. The molecule has 1 aromatic heterocycles. The molecule has 1 saturated heterocycles. The molecular weight excluding hydrogens is 290 g/mol. The minimum Gasteiger partial charge on any atom is -0.444 e. The Morgan fingerprint density at radius 1 is 1.39 bits per heavy atom. The number of ether oxygens (including phenoxy) is 1. The van der Waals surface area contributed by atoms with Crippen molar-refractivity contribution in [3.8, 4) is 0 Å². The zero-order valence-electron chi connectivity index (χ0n) is 14.3. The summed E-state index contributed by atoms with van der Waals surface area (Å²) < 4.78 is 5.40. The third kappa shape index (κ3) is 4.22. The largest absolute Gasteiger partial charge is 0.444 e. The monoisotopic (exact) mass is 317 g/mol. The van der Waals surface area contributed by atoms with Crippen LogP contribution in [0.5, 0.6) is 0 Å². The molecule has 23 heavy (non-hydrogen) atoms. The Bertz CT molecular complexity index is 541. The lowest BCUT2D eigenvalue weighted by Gasteiger charge is -2.25. The number of hydrogen-bond acceptors (Lipinski definition) is 4. The second kappa shape index (κ2) is 6.48. The zero-order valence-corrected chi connectivity index (χ0v) is 14.3. The summed E-state index contributed by atoms with van der Waals surface area (Å²) in [4.78, 5) is 18.7. The van der Waals surface area contributed by atoms with Gasteiger partial charge in [-0.1, -0.05) is 6.07 Å². The van der Waals surface area contributed by atoms with Gasteiger partial charge in [0.1, 0.15) is 5.60 Å². The molecule has 1 saturated carbocycles. The van der Waals surface area contributed by atoms with E-state index in [1.54, 1.807) is 0 Å². The lowest BCUT2D eigenvalue weighted by molar-refractivity contribution is 0.0491. The zero-order chi connectivity index (χ0) is 16.4. The molecule has 2 aliphatic rings. The average Bonchev–Trinajstić information content (AvgIpc) is 3.00. The van der Waals surface area contributed by atoms with Crippen molar-refractivity contribution in [2.75, 3.05) is 13.1 Å². The number of carbonyl (C=O) groups is 1. The van der Waals surface area contributed by atoms with Gasteiger partial charge in [0.25, 0.3) is 0 Å². The number of amides is 1. The van der Waals surface area contributed by atoms with Gasteiger partial charge in [-0.2, -0.15) is 0 Å². The van der Waals surface area contributed by atoms with Crippen LogP contribution in [0.25, 0.3) is 0 Å². The van der Waals surface area contributed by atoms with Crippen LogP contribution in [-0.4, -0.2) is 40.7 Å². The second-order valence-electron chi connectivity index (χ2n) is 7.81. The van der Waals surface area contributed by atoms with E-state index in [-0.39, 0.29) is 12.1 Å². The Morgan fingerprint density at radius 2 is 2.22 bits per heavy atom. The first kappa shape index (κ1) is 16.2. The van der Waals surface area contributed by atoms with E-state index in [1.807, 2.05) is 39.2 Å². The number of fused-ring (bicyclic) bond motifs is 1. The summed E-state index contributed by atoms with van der Waals surface area (Å²) in [5.41, 5.74) is 0.813. The van der Waals surface area contributed by atoms with Crippen molar-refractivity contribution in [1.82, 2.24) is 15.2 Å². The maximum absolute atomic E-state index is 12.0. The van der Waals surface area contributed by atoms with Gasteiger partial charge in [-0.05, 0) is 57.1 Å². The fourth-order valence-electron chi connectivity index (χ4n) is 3.87. The van der Waals surface area contributed by atoms with Crippen molar-refractivity contribution in [3.63, 3.8) is 0 Å². The van der Waals surface area contributed by atoms with Gasteiger partial charge in [0.2, 0.25) is 0 Å². The predicted octanol–water partition coefficient (Wildman–Crippen LogP) is 2.82. The normalized spacial score (nSPS) is 27.7. The van der Waals surface area contributed by atoms with Crippen molar-refractivity contribution in [1.29, 1.82) is 0 Å². The molecule has 0 radical (unpaired) electrons. The van der Waals surface area contributed by atoms with Gasteiger partial charge in [0.05, 0.1) is 0 Å². The van der Waals surface area contributed by atoms with Crippen molar-refractivity contribution >= 4 is 6.09 Å². The topological polar surface area (TPSA) is 54.5 Å². The van der Waals surface area contributed by atoms with Gasteiger partial charge >= 0.3 is 6.09 Å². The number of hydrogen-bond donors (Lipinski definition) is 1. The summed E-state index contributed by atoms with van der Waals surface area (Å²) in [6, 6.07) is 4.35. The quantitative estimate of drug-likeness (QED) is 0.931. The molecule has 0 aromatic carbocycles. The van der Waals surface area contributed by atoms with E-state index >= 15 is 0 Å². The summed E-state index contributed by atoms with van der Waals surface area (Å²) in [5.74, 6) is 1.23. The van der Waals surface area contributed by atoms with E-state index in [2.05, 4.69) is 21.3 Å². The van der Waals surface area contributed by atoms with Crippen LogP contribution in [0.1, 0.15) is 39.2 Å². The van der Waals surface area contributed by atoms with Crippen molar-refractivity contribution in [2.45, 2.75) is 51.8 Å². The number of carbonyl (C=O) groups excluding carboxylic acids is 1. The Morgan fingerprint density at radius 3 is 2.91 bits per heavy atom.